The van der Waals surface area contributed by atoms with Crippen LogP contribution < -0.4 is 0 Å². The first-order valence-electron chi connectivity index (χ1n) is 13.6. The van der Waals surface area contributed by atoms with Gasteiger partial charge in [-0.2, -0.15) is 0 Å². The Labute approximate surface area is 223 Å². The Morgan fingerprint density at radius 1 is 0.500 bits per heavy atom. The smallest absolute Gasteiger partial charge is 0.134 e. The first-order chi connectivity index (χ1) is 17.5. The van der Waals surface area contributed by atoms with E-state index in [9.17, 15) is 9.59 Å². The minimum Gasteiger partial charge on any atom is -0.300 e. The number of benzene rings is 3. The number of unbranched alkanes of at least 4 members (excludes halogenated alkanes) is 1. The van der Waals surface area contributed by atoms with Crippen LogP contribution >= 0.6 is 0 Å². The summed E-state index contributed by atoms with van der Waals surface area (Å²) >= 11 is 0. The van der Waals surface area contributed by atoms with Crippen LogP contribution in [0.4, 0.5) is 0 Å². The normalized spacial score (nSPS) is 8.36. The topological polar surface area (TPSA) is 34.1 Å². The lowest BCUT2D eigenvalue weighted by Crippen LogP contribution is -1.94. The molecule has 0 bridgehead atoms. The van der Waals surface area contributed by atoms with E-state index in [-0.39, 0.29) is 11.6 Å². The molecule has 0 heterocycles. The third-order valence-electron chi connectivity index (χ3n) is 4.25. The molecule has 0 unspecified atom stereocenters. The van der Waals surface area contributed by atoms with Crippen LogP contribution in [0.2, 0.25) is 0 Å². The quantitative estimate of drug-likeness (QED) is 0.329. The van der Waals surface area contributed by atoms with E-state index in [0.29, 0.717) is 12.8 Å². The van der Waals surface area contributed by atoms with Crippen molar-refractivity contribution in [3.05, 3.63) is 108 Å². The SMILES string of the molecule is CC.CC.CC.CC(=O)Cc1ccccc1.CC(=O)Cc1ccccc1.CCCCc1ccccc1. The summed E-state index contributed by atoms with van der Waals surface area (Å²) in [4.78, 5) is 21.2. The Kier molecular flexibility index (Phi) is 31.3. The highest BCUT2D eigenvalue weighted by atomic mass is 16.1. The predicted molar refractivity (Wildman–Crippen MR) is 161 cm³/mol. The van der Waals surface area contributed by atoms with Crippen molar-refractivity contribution in [2.24, 2.45) is 0 Å². The van der Waals surface area contributed by atoms with Gasteiger partial charge in [-0.05, 0) is 43.4 Å². The van der Waals surface area contributed by atoms with Crippen molar-refractivity contribution >= 4 is 11.6 Å². The van der Waals surface area contributed by atoms with Crippen molar-refractivity contribution in [3.8, 4) is 0 Å². The highest BCUT2D eigenvalue weighted by Crippen LogP contribution is 2.03. The lowest BCUT2D eigenvalue weighted by molar-refractivity contribution is -0.117. The molecule has 0 N–H and O–H groups in total. The molecule has 36 heavy (non-hydrogen) atoms. The molecule has 0 aliphatic carbocycles. The molecule has 0 amide bonds. The number of carbonyl (C=O) groups excluding carboxylic acids is 2. The summed E-state index contributed by atoms with van der Waals surface area (Å²) in [5.41, 5.74) is 3.65. The van der Waals surface area contributed by atoms with Crippen molar-refractivity contribution in [2.75, 3.05) is 0 Å². The lowest BCUT2D eigenvalue weighted by Gasteiger charge is -1.96. The summed E-state index contributed by atoms with van der Waals surface area (Å²) < 4.78 is 0. The van der Waals surface area contributed by atoms with Gasteiger partial charge in [-0.1, -0.05) is 146 Å². The molecule has 0 radical (unpaired) electrons. The number of hydrogen-bond donors (Lipinski definition) is 0. The zero-order valence-electron chi connectivity index (χ0n) is 24.5. The van der Waals surface area contributed by atoms with Gasteiger partial charge in [-0.15, -0.1) is 0 Å². The molecular weight excluding hydrogens is 440 g/mol. The van der Waals surface area contributed by atoms with Gasteiger partial charge in [-0.3, -0.25) is 9.59 Å². The van der Waals surface area contributed by atoms with E-state index in [1.165, 1.54) is 24.8 Å². The predicted octanol–water partition coefficient (Wildman–Crippen LogP) is 9.74. The van der Waals surface area contributed by atoms with Crippen LogP contribution in [-0.4, -0.2) is 11.6 Å². The van der Waals surface area contributed by atoms with Gasteiger partial charge in [0.2, 0.25) is 0 Å². The number of ketones is 2. The molecular formula is C34H52O2. The number of rotatable bonds is 7. The van der Waals surface area contributed by atoms with Crippen molar-refractivity contribution in [3.63, 3.8) is 0 Å². The second-order valence-electron chi connectivity index (χ2n) is 7.32. The molecule has 0 fully saturated rings. The molecule has 0 saturated carbocycles. The molecule has 0 atom stereocenters. The third kappa shape index (κ3) is 25.6. The maximum absolute atomic E-state index is 10.6. The number of aryl methyl sites for hydroxylation is 1. The zero-order valence-corrected chi connectivity index (χ0v) is 24.5. The summed E-state index contributed by atoms with van der Waals surface area (Å²) in [5, 5.41) is 0. The first kappa shape index (κ1) is 37.5. The molecule has 0 aliphatic rings. The molecule has 2 heteroatoms. The van der Waals surface area contributed by atoms with E-state index < -0.39 is 0 Å². The van der Waals surface area contributed by atoms with Gasteiger partial charge < -0.3 is 0 Å². The Hall–Kier alpha value is -3.00. The van der Waals surface area contributed by atoms with Gasteiger partial charge in [0.25, 0.3) is 0 Å². The van der Waals surface area contributed by atoms with Gasteiger partial charge in [0.1, 0.15) is 11.6 Å². The summed E-state index contributed by atoms with van der Waals surface area (Å²) in [5.74, 6) is 0.428. The van der Waals surface area contributed by atoms with E-state index >= 15 is 0 Å². The Balaban J connectivity index is -0.000000410. The summed E-state index contributed by atoms with van der Waals surface area (Å²) in [6.07, 6.45) is 4.94. The average molecular weight is 493 g/mol. The van der Waals surface area contributed by atoms with Crippen LogP contribution in [0, 0.1) is 0 Å². The van der Waals surface area contributed by atoms with Crippen LogP contribution in [0.3, 0.4) is 0 Å². The maximum atomic E-state index is 10.6. The van der Waals surface area contributed by atoms with Crippen LogP contribution in [0.5, 0.6) is 0 Å². The molecule has 3 aromatic carbocycles. The fourth-order valence-corrected chi connectivity index (χ4v) is 2.79. The summed E-state index contributed by atoms with van der Waals surface area (Å²) in [6, 6.07) is 30.2. The van der Waals surface area contributed by atoms with Crippen molar-refractivity contribution in [1.82, 2.24) is 0 Å². The zero-order chi connectivity index (χ0) is 28.0. The number of carbonyl (C=O) groups is 2. The molecule has 0 aliphatic heterocycles. The van der Waals surface area contributed by atoms with Crippen molar-refractivity contribution in [1.29, 1.82) is 0 Å². The Morgan fingerprint density at radius 3 is 1.03 bits per heavy atom. The molecule has 0 spiro atoms. The highest BCUT2D eigenvalue weighted by Gasteiger charge is 1.94. The van der Waals surface area contributed by atoms with Crippen LogP contribution in [-0.2, 0) is 28.9 Å². The van der Waals surface area contributed by atoms with Crippen molar-refractivity contribution < 1.29 is 9.59 Å². The first-order valence-corrected chi connectivity index (χ1v) is 13.6. The summed E-state index contributed by atoms with van der Waals surface area (Å²) in [6.45, 7) is 17.4. The largest absolute Gasteiger partial charge is 0.300 e. The number of Topliss-reactive ketones (excluding diaryl/α,β-unsaturated/α-hetero) is 2. The van der Waals surface area contributed by atoms with E-state index in [1.54, 1.807) is 13.8 Å². The lowest BCUT2D eigenvalue weighted by atomic mass is 10.1. The Morgan fingerprint density at radius 2 is 0.778 bits per heavy atom. The van der Waals surface area contributed by atoms with Crippen molar-refractivity contribution in [2.45, 2.75) is 94.4 Å². The fraction of sp³-hybridized carbons (Fsp3) is 0.412. The van der Waals surface area contributed by atoms with Gasteiger partial charge in [0.05, 0.1) is 0 Å². The molecule has 0 saturated heterocycles. The van der Waals surface area contributed by atoms with Gasteiger partial charge in [0.15, 0.2) is 0 Å². The van der Waals surface area contributed by atoms with Gasteiger partial charge in [0, 0.05) is 12.8 Å². The van der Waals surface area contributed by atoms with Crippen LogP contribution in [0.1, 0.15) is 91.8 Å². The van der Waals surface area contributed by atoms with Gasteiger partial charge in [-0.25, -0.2) is 0 Å². The maximum Gasteiger partial charge on any atom is 0.134 e. The highest BCUT2D eigenvalue weighted by molar-refractivity contribution is 5.78. The fourth-order valence-electron chi connectivity index (χ4n) is 2.79. The van der Waals surface area contributed by atoms with Crippen LogP contribution in [0.15, 0.2) is 91.0 Å². The summed E-state index contributed by atoms with van der Waals surface area (Å²) in [7, 11) is 0. The van der Waals surface area contributed by atoms with E-state index in [1.807, 2.05) is 102 Å². The molecule has 3 rings (SSSR count). The standard InChI is InChI=1S/C10H14.2C9H10O.3C2H6/c1-2-3-7-10-8-5-4-6-9-10;2*1-8(10)7-9-5-3-2-4-6-9;3*1-2/h4-6,8-9H,2-3,7H2,1H3;2*2-6H,7H2,1H3;3*1-2H3. The monoisotopic (exact) mass is 492 g/mol. The molecule has 2 nitrogen and oxygen atoms in total. The second-order valence-corrected chi connectivity index (χ2v) is 7.32. The van der Waals surface area contributed by atoms with E-state index in [0.717, 1.165) is 11.1 Å². The minimum absolute atomic E-state index is 0.214. The number of hydrogen-bond acceptors (Lipinski definition) is 2. The van der Waals surface area contributed by atoms with E-state index in [2.05, 4.69) is 37.3 Å². The third-order valence-corrected chi connectivity index (χ3v) is 4.25. The molecule has 0 aromatic heterocycles. The molecule has 3 aromatic rings. The average Bonchev–Trinajstić information content (AvgIpc) is 2.93. The minimum atomic E-state index is 0.214. The Bertz CT molecular complexity index is 773. The van der Waals surface area contributed by atoms with Gasteiger partial charge >= 0.3 is 0 Å². The van der Waals surface area contributed by atoms with Crippen LogP contribution in [0.25, 0.3) is 0 Å². The molecule has 200 valence electrons. The second kappa shape index (κ2) is 30.0. The van der Waals surface area contributed by atoms with E-state index in [4.69, 9.17) is 0 Å².